The van der Waals surface area contributed by atoms with Crippen molar-refractivity contribution in [2.75, 3.05) is 19.7 Å². The van der Waals surface area contributed by atoms with Crippen molar-refractivity contribution in [2.24, 2.45) is 11.8 Å². The molecule has 0 aromatic carbocycles. The van der Waals surface area contributed by atoms with Gasteiger partial charge in [0.05, 0.1) is 11.1 Å². The number of Topliss-reactive ketones (excluding diaryl/α,β-unsaturated/α-hetero) is 1. The van der Waals surface area contributed by atoms with E-state index in [9.17, 15) is 9.90 Å². The van der Waals surface area contributed by atoms with Gasteiger partial charge in [0, 0.05) is 26.0 Å². The molecule has 0 aromatic heterocycles. The van der Waals surface area contributed by atoms with E-state index in [0.29, 0.717) is 24.5 Å². The smallest absolute Gasteiger partial charge is 0.135 e. The van der Waals surface area contributed by atoms with Gasteiger partial charge in [0.25, 0.3) is 0 Å². The number of aliphatic hydroxyl groups excluding tert-OH is 1. The Balaban J connectivity index is 1.97. The summed E-state index contributed by atoms with van der Waals surface area (Å²) in [7, 11) is 0. The molecule has 0 amide bonds. The summed E-state index contributed by atoms with van der Waals surface area (Å²) in [5, 5.41) is 20.5. The van der Waals surface area contributed by atoms with Gasteiger partial charge in [-0.3, -0.25) is 9.69 Å². The summed E-state index contributed by atoms with van der Waals surface area (Å²) in [4.78, 5) is 14.5. The van der Waals surface area contributed by atoms with Gasteiger partial charge in [-0.2, -0.15) is 0 Å². The van der Waals surface area contributed by atoms with Gasteiger partial charge in [-0.25, -0.2) is 0 Å². The molecule has 2 aliphatic carbocycles. The molecule has 114 valence electrons. The first-order valence-corrected chi connectivity index (χ1v) is 8.12. The zero-order valence-corrected chi connectivity index (χ0v) is 12.5. The molecule has 0 aromatic rings. The molecule has 3 rings (SSSR count). The molecule has 1 saturated heterocycles. The van der Waals surface area contributed by atoms with Crippen LogP contribution in [0.15, 0.2) is 0 Å². The lowest BCUT2D eigenvalue weighted by Crippen LogP contribution is -2.75. The van der Waals surface area contributed by atoms with Crippen LogP contribution in [0.1, 0.15) is 51.9 Å². The molecule has 2 unspecified atom stereocenters. The molecular weight excluding hydrogens is 254 g/mol. The Bertz CT molecular complexity index is 399. The summed E-state index contributed by atoms with van der Waals surface area (Å²) in [6.45, 7) is 4.18. The second-order valence-corrected chi connectivity index (χ2v) is 7.29. The minimum Gasteiger partial charge on any atom is -0.396 e. The Morgan fingerprint density at radius 1 is 1.45 bits per heavy atom. The summed E-state index contributed by atoms with van der Waals surface area (Å²) in [6.07, 6.45) is 5.56. The lowest BCUT2D eigenvalue weighted by atomic mass is 9.51. The second-order valence-electron chi connectivity index (χ2n) is 7.29. The van der Waals surface area contributed by atoms with Gasteiger partial charge >= 0.3 is 0 Å². The van der Waals surface area contributed by atoms with Gasteiger partial charge < -0.3 is 10.2 Å². The van der Waals surface area contributed by atoms with Crippen molar-refractivity contribution in [1.82, 2.24) is 4.90 Å². The third-order valence-corrected chi connectivity index (χ3v) is 6.00. The number of carbonyl (C=O) groups is 1. The molecule has 2 N–H and O–H groups in total. The molecule has 0 spiro atoms. The van der Waals surface area contributed by atoms with Crippen molar-refractivity contribution in [1.29, 1.82) is 0 Å². The highest BCUT2D eigenvalue weighted by atomic mass is 16.3. The predicted molar refractivity (Wildman–Crippen MR) is 76.3 cm³/mol. The van der Waals surface area contributed by atoms with Gasteiger partial charge in [-0.1, -0.05) is 6.92 Å². The van der Waals surface area contributed by atoms with E-state index < -0.39 is 5.60 Å². The number of rotatable bonds is 3. The van der Waals surface area contributed by atoms with Crippen LogP contribution in [0.25, 0.3) is 0 Å². The summed E-state index contributed by atoms with van der Waals surface area (Å²) in [5.74, 6) is 1.04. The molecule has 20 heavy (non-hydrogen) atoms. The molecule has 4 nitrogen and oxygen atoms in total. The fourth-order valence-electron chi connectivity index (χ4n) is 5.34. The third kappa shape index (κ3) is 1.96. The molecule has 1 aliphatic heterocycles. The summed E-state index contributed by atoms with van der Waals surface area (Å²) >= 11 is 0. The molecule has 2 saturated carbocycles. The average molecular weight is 281 g/mol. The van der Waals surface area contributed by atoms with Crippen LogP contribution >= 0.6 is 0 Å². The summed E-state index contributed by atoms with van der Waals surface area (Å²) in [6, 6.07) is 0. The van der Waals surface area contributed by atoms with Gasteiger partial charge in [0.15, 0.2) is 0 Å². The van der Waals surface area contributed by atoms with Crippen LogP contribution < -0.4 is 0 Å². The SMILES string of the molecule is C[C@@H]1CC2CC(=O)C[C@]3(C1)N(CCCO)CCCC23O. The van der Waals surface area contributed by atoms with Crippen molar-refractivity contribution in [3.8, 4) is 0 Å². The fourth-order valence-corrected chi connectivity index (χ4v) is 5.34. The van der Waals surface area contributed by atoms with Crippen LogP contribution in [0.2, 0.25) is 0 Å². The number of likely N-dealkylation sites (tertiary alicyclic amines) is 1. The molecule has 3 aliphatic rings. The molecule has 3 fully saturated rings. The van der Waals surface area contributed by atoms with E-state index >= 15 is 0 Å². The zero-order valence-electron chi connectivity index (χ0n) is 12.5. The predicted octanol–water partition coefficient (Wildman–Crippen LogP) is 1.34. The van der Waals surface area contributed by atoms with E-state index in [2.05, 4.69) is 11.8 Å². The Kier molecular flexibility index (Phi) is 3.68. The third-order valence-electron chi connectivity index (χ3n) is 6.00. The van der Waals surface area contributed by atoms with Gasteiger partial charge in [0.1, 0.15) is 5.78 Å². The quantitative estimate of drug-likeness (QED) is 0.819. The van der Waals surface area contributed by atoms with E-state index in [1.807, 2.05) is 0 Å². The van der Waals surface area contributed by atoms with Crippen molar-refractivity contribution < 1.29 is 15.0 Å². The van der Waals surface area contributed by atoms with Crippen molar-refractivity contribution in [3.05, 3.63) is 0 Å². The van der Waals surface area contributed by atoms with Gasteiger partial charge in [-0.15, -0.1) is 0 Å². The van der Waals surface area contributed by atoms with Crippen LogP contribution in [0.4, 0.5) is 0 Å². The highest BCUT2D eigenvalue weighted by molar-refractivity contribution is 5.82. The van der Waals surface area contributed by atoms with E-state index in [4.69, 9.17) is 5.11 Å². The average Bonchev–Trinajstić information content (AvgIpc) is 2.36. The Labute approximate surface area is 121 Å². The zero-order chi connectivity index (χ0) is 14.4. The monoisotopic (exact) mass is 281 g/mol. The highest BCUT2D eigenvalue weighted by Gasteiger charge is 2.64. The van der Waals surface area contributed by atoms with Gasteiger partial charge in [-0.05, 0) is 50.5 Å². The summed E-state index contributed by atoms with van der Waals surface area (Å²) in [5.41, 5.74) is -1.03. The van der Waals surface area contributed by atoms with Crippen molar-refractivity contribution in [3.63, 3.8) is 0 Å². The Hall–Kier alpha value is -0.450. The number of ketones is 1. The minimum absolute atomic E-state index is 0.143. The lowest BCUT2D eigenvalue weighted by Gasteiger charge is -2.65. The Morgan fingerprint density at radius 2 is 2.25 bits per heavy atom. The number of hydrogen-bond acceptors (Lipinski definition) is 4. The first-order valence-electron chi connectivity index (χ1n) is 8.12. The van der Waals surface area contributed by atoms with Crippen molar-refractivity contribution >= 4 is 5.78 Å². The summed E-state index contributed by atoms with van der Waals surface area (Å²) < 4.78 is 0. The van der Waals surface area contributed by atoms with E-state index in [1.54, 1.807) is 0 Å². The maximum absolute atomic E-state index is 12.2. The minimum atomic E-state index is -0.679. The maximum atomic E-state index is 12.2. The Morgan fingerprint density at radius 3 is 3.00 bits per heavy atom. The topological polar surface area (TPSA) is 60.8 Å². The normalized spacial score (nSPS) is 45.2. The van der Waals surface area contributed by atoms with Crippen LogP contribution in [-0.4, -0.2) is 51.7 Å². The molecular formula is C16H27NO3. The van der Waals surface area contributed by atoms with E-state index in [0.717, 1.165) is 45.2 Å². The molecule has 4 heteroatoms. The molecule has 0 radical (unpaired) electrons. The first kappa shape index (κ1) is 14.5. The fraction of sp³-hybridized carbons (Fsp3) is 0.938. The number of carbonyl (C=O) groups excluding carboxylic acids is 1. The first-order chi connectivity index (χ1) is 9.52. The molecule has 2 bridgehead atoms. The molecule has 4 atom stereocenters. The van der Waals surface area contributed by atoms with Crippen molar-refractivity contribution in [2.45, 2.75) is 63.0 Å². The van der Waals surface area contributed by atoms with Crippen LogP contribution in [0, 0.1) is 11.8 Å². The highest BCUT2D eigenvalue weighted by Crippen LogP contribution is 2.57. The van der Waals surface area contributed by atoms with E-state index in [-0.39, 0.29) is 18.1 Å². The molecule has 1 heterocycles. The van der Waals surface area contributed by atoms with Crippen LogP contribution in [0.3, 0.4) is 0 Å². The van der Waals surface area contributed by atoms with Gasteiger partial charge in [0.2, 0.25) is 0 Å². The maximum Gasteiger partial charge on any atom is 0.135 e. The second kappa shape index (κ2) is 5.08. The number of hydrogen-bond donors (Lipinski definition) is 2. The van der Waals surface area contributed by atoms with Crippen LogP contribution in [0.5, 0.6) is 0 Å². The number of nitrogens with zero attached hydrogens (tertiary/aromatic N) is 1. The largest absolute Gasteiger partial charge is 0.396 e. The lowest BCUT2D eigenvalue weighted by molar-refractivity contribution is -0.222. The number of aliphatic hydroxyl groups is 2. The van der Waals surface area contributed by atoms with E-state index in [1.165, 1.54) is 0 Å². The standard InChI is InChI=1S/C16H27NO3/c1-12-8-13-9-14(19)11-15(10-12)16(13,20)4-2-5-17(15)6-3-7-18/h12-13,18,20H,2-11H2,1H3/t12-,13?,15+,16?/m1/s1. The number of piperidine rings is 1. The van der Waals surface area contributed by atoms with Crippen LogP contribution in [-0.2, 0) is 4.79 Å².